The van der Waals surface area contributed by atoms with E-state index >= 15 is 0 Å². The Morgan fingerprint density at radius 1 is 1.35 bits per heavy atom. The van der Waals surface area contributed by atoms with Gasteiger partial charge in [-0.15, -0.1) is 24.8 Å². The average Bonchev–Trinajstić information content (AvgIpc) is 2.69. The molecule has 0 saturated carbocycles. The highest BCUT2D eigenvalue weighted by Crippen LogP contribution is 2.16. The summed E-state index contributed by atoms with van der Waals surface area (Å²) in [4.78, 5) is 7.15. The minimum Gasteiger partial charge on any atom is -0.314 e. The van der Waals surface area contributed by atoms with Crippen molar-refractivity contribution in [3.63, 3.8) is 0 Å². The SMILES string of the molecule is Cc1nc2ccccn2c1CN1CCNC[C@@H]1C.Cl.Cl. The summed E-state index contributed by atoms with van der Waals surface area (Å²) in [6, 6.07) is 6.77. The van der Waals surface area contributed by atoms with Gasteiger partial charge in [0.05, 0.1) is 11.4 Å². The Hall–Kier alpha value is -0.810. The zero-order valence-electron chi connectivity index (χ0n) is 11.9. The summed E-state index contributed by atoms with van der Waals surface area (Å²) >= 11 is 0. The molecule has 2 aromatic rings. The van der Waals surface area contributed by atoms with Crippen molar-refractivity contribution >= 4 is 30.5 Å². The van der Waals surface area contributed by atoms with Crippen LogP contribution in [0.15, 0.2) is 24.4 Å². The lowest BCUT2D eigenvalue weighted by molar-refractivity contribution is 0.163. The van der Waals surface area contributed by atoms with E-state index in [1.807, 2.05) is 6.07 Å². The molecule has 0 bridgehead atoms. The predicted octanol–water partition coefficient (Wildman–Crippen LogP) is 2.28. The normalized spacial score (nSPS) is 19.4. The van der Waals surface area contributed by atoms with Gasteiger partial charge in [0.25, 0.3) is 0 Å². The number of rotatable bonds is 2. The number of nitrogens with one attached hydrogen (secondary N) is 1. The third kappa shape index (κ3) is 3.26. The molecule has 0 spiro atoms. The van der Waals surface area contributed by atoms with Crippen molar-refractivity contribution in [1.29, 1.82) is 0 Å². The van der Waals surface area contributed by atoms with E-state index in [0.717, 1.165) is 37.5 Å². The molecule has 1 saturated heterocycles. The quantitative estimate of drug-likeness (QED) is 0.922. The van der Waals surface area contributed by atoms with Gasteiger partial charge in [0.15, 0.2) is 0 Å². The van der Waals surface area contributed by atoms with Crippen LogP contribution >= 0.6 is 24.8 Å². The smallest absolute Gasteiger partial charge is 0.137 e. The Labute approximate surface area is 132 Å². The molecule has 1 atom stereocenters. The molecule has 4 nitrogen and oxygen atoms in total. The number of pyridine rings is 1. The number of hydrogen-bond donors (Lipinski definition) is 1. The number of aromatic nitrogens is 2. The monoisotopic (exact) mass is 316 g/mol. The first-order valence-electron chi connectivity index (χ1n) is 6.63. The fraction of sp³-hybridized carbons (Fsp3) is 0.500. The fourth-order valence-electron chi connectivity index (χ4n) is 2.67. The molecule has 3 heterocycles. The number of hydrogen-bond acceptors (Lipinski definition) is 3. The minimum atomic E-state index is 0. The standard InChI is InChI=1S/C14H20N4.2ClH/c1-11-9-15-6-8-17(11)10-13-12(2)16-14-5-3-4-7-18(13)14;;/h3-5,7,11,15H,6,8-10H2,1-2H3;2*1H/t11-;;/m0../s1. The lowest BCUT2D eigenvalue weighted by atomic mass is 10.2. The summed E-state index contributed by atoms with van der Waals surface area (Å²) in [7, 11) is 0. The highest BCUT2D eigenvalue weighted by atomic mass is 35.5. The van der Waals surface area contributed by atoms with E-state index < -0.39 is 0 Å². The largest absolute Gasteiger partial charge is 0.314 e. The van der Waals surface area contributed by atoms with Crippen LogP contribution < -0.4 is 5.32 Å². The van der Waals surface area contributed by atoms with Gasteiger partial charge < -0.3 is 9.72 Å². The van der Waals surface area contributed by atoms with Gasteiger partial charge in [0, 0.05) is 38.4 Å². The number of nitrogens with zero attached hydrogens (tertiary/aromatic N) is 3. The third-order valence-corrected chi connectivity index (χ3v) is 3.82. The third-order valence-electron chi connectivity index (χ3n) is 3.82. The number of imidazole rings is 1. The maximum atomic E-state index is 4.62. The molecule has 0 unspecified atom stereocenters. The maximum absolute atomic E-state index is 4.62. The Kier molecular flexibility index (Phi) is 6.27. The van der Waals surface area contributed by atoms with Crippen molar-refractivity contribution in [3.05, 3.63) is 35.8 Å². The summed E-state index contributed by atoms with van der Waals surface area (Å²) in [5.41, 5.74) is 3.51. The van der Waals surface area contributed by atoms with Gasteiger partial charge in [0.2, 0.25) is 0 Å². The summed E-state index contributed by atoms with van der Waals surface area (Å²) in [6.45, 7) is 8.65. The van der Waals surface area contributed by atoms with Crippen molar-refractivity contribution in [2.45, 2.75) is 26.4 Å². The van der Waals surface area contributed by atoms with E-state index in [-0.39, 0.29) is 24.8 Å². The van der Waals surface area contributed by atoms with Gasteiger partial charge in [-0.25, -0.2) is 4.98 Å². The van der Waals surface area contributed by atoms with Gasteiger partial charge >= 0.3 is 0 Å². The van der Waals surface area contributed by atoms with Gasteiger partial charge in [0.1, 0.15) is 5.65 Å². The van der Waals surface area contributed by atoms with Gasteiger partial charge in [-0.05, 0) is 26.0 Å². The predicted molar refractivity (Wildman–Crippen MR) is 87.2 cm³/mol. The fourth-order valence-corrected chi connectivity index (χ4v) is 2.67. The van der Waals surface area contributed by atoms with E-state index in [2.05, 4.69) is 51.8 Å². The van der Waals surface area contributed by atoms with Crippen LogP contribution in [0.4, 0.5) is 0 Å². The lowest BCUT2D eigenvalue weighted by Gasteiger charge is -2.33. The molecule has 0 amide bonds. The van der Waals surface area contributed by atoms with Crippen LogP contribution in [-0.4, -0.2) is 40.0 Å². The van der Waals surface area contributed by atoms with Crippen LogP contribution in [0, 0.1) is 6.92 Å². The Morgan fingerprint density at radius 3 is 2.90 bits per heavy atom. The topological polar surface area (TPSA) is 32.6 Å². The van der Waals surface area contributed by atoms with Gasteiger partial charge in [-0.3, -0.25) is 4.90 Å². The molecule has 112 valence electrons. The first kappa shape index (κ1) is 17.2. The van der Waals surface area contributed by atoms with Crippen LogP contribution in [-0.2, 0) is 6.54 Å². The summed E-state index contributed by atoms with van der Waals surface area (Å²) in [6.07, 6.45) is 2.11. The Balaban J connectivity index is 0.000001000. The number of fused-ring (bicyclic) bond motifs is 1. The van der Waals surface area contributed by atoms with Crippen LogP contribution in [0.1, 0.15) is 18.3 Å². The summed E-state index contributed by atoms with van der Waals surface area (Å²) in [5, 5.41) is 3.43. The zero-order chi connectivity index (χ0) is 12.5. The second kappa shape index (κ2) is 7.27. The molecule has 3 rings (SSSR count). The van der Waals surface area contributed by atoms with Gasteiger partial charge in [-0.2, -0.15) is 0 Å². The van der Waals surface area contributed by atoms with Crippen LogP contribution in [0.3, 0.4) is 0 Å². The lowest BCUT2D eigenvalue weighted by Crippen LogP contribution is -2.49. The van der Waals surface area contributed by atoms with Crippen LogP contribution in [0.5, 0.6) is 0 Å². The first-order valence-corrected chi connectivity index (χ1v) is 6.63. The molecule has 6 heteroatoms. The summed E-state index contributed by atoms with van der Waals surface area (Å²) in [5.74, 6) is 0. The molecule has 0 aliphatic carbocycles. The number of halogens is 2. The molecule has 0 radical (unpaired) electrons. The second-order valence-electron chi connectivity index (χ2n) is 5.10. The van der Waals surface area contributed by atoms with Crippen molar-refractivity contribution in [2.24, 2.45) is 0 Å². The molecule has 1 fully saturated rings. The van der Waals surface area contributed by atoms with Crippen molar-refractivity contribution in [1.82, 2.24) is 19.6 Å². The average molecular weight is 317 g/mol. The molecule has 1 aliphatic heterocycles. The molecular weight excluding hydrogens is 295 g/mol. The minimum absolute atomic E-state index is 0. The molecule has 1 N–H and O–H groups in total. The molecule has 20 heavy (non-hydrogen) atoms. The van der Waals surface area contributed by atoms with E-state index in [9.17, 15) is 0 Å². The zero-order valence-corrected chi connectivity index (χ0v) is 13.5. The molecular formula is C14H22Cl2N4. The highest BCUT2D eigenvalue weighted by Gasteiger charge is 2.20. The molecule has 2 aromatic heterocycles. The van der Waals surface area contributed by atoms with Crippen LogP contribution in [0.25, 0.3) is 5.65 Å². The number of aryl methyl sites for hydroxylation is 1. The highest BCUT2D eigenvalue weighted by molar-refractivity contribution is 5.85. The van der Waals surface area contributed by atoms with E-state index in [4.69, 9.17) is 0 Å². The van der Waals surface area contributed by atoms with Gasteiger partial charge in [-0.1, -0.05) is 6.07 Å². The van der Waals surface area contributed by atoms with Crippen LogP contribution in [0.2, 0.25) is 0 Å². The molecule has 0 aromatic carbocycles. The van der Waals surface area contributed by atoms with Crippen molar-refractivity contribution < 1.29 is 0 Å². The number of piperazine rings is 1. The second-order valence-corrected chi connectivity index (χ2v) is 5.10. The Bertz CT molecular complexity index is 555. The van der Waals surface area contributed by atoms with E-state index in [1.54, 1.807) is 0 Å². The van der Waals surface area contributed by atoms with Crippen molar-refractivity contribution in [2.75, 3.05) is 19.6 Å². The van der Waals surface area contributed by atoms with E-state index in [0.29, 0.717) is 6.04 Å². The summed E-state index contributed by atoms with van der Waals surface area (Å²) < 4.78 is 2.21. The Morgan fingerprint density at radius 2 is 2.15 bits per heavy atom. The van der Waals surface area contributed by atoms with Crippen molar-refractivity contribution in [3.8, 4) is 0 Å². The maximum Gasteiger partial charge on any atom is 0.137 e. The molecule has 1 aliphatic rings. The first-order chi connectivity index (χ1) is 8.75. The van der Waals surface area contributed by atoms with E-state index in [1.165, 1.54) is 5.69 Å².